The molecule has 1 amide bonds. The van der Waals surface area contributed by atoms with E-state index in [1.807, 2.05) is 80.6 Å². The van der Waals surface area contributed by atoms with Crippen LogP contribution in [0.1, 0.15) is 19.9 Å². The van der Waals surface area contributed by atoms with Gasteiger partial charge in [0.25, 0.3) is 5.56 Å². The van der Waals surface area contributed by atoms with Crippen LogP contribution in [0.5, 0.6) is 0 Å². The number of amides is 1. The van der Waals surface area contributed by atoms with E-state index in [-0.39, 0.29) is 23.3 Å². The number of hydrogen-bond acceptors (Lipinski definition) is 5. The molecule has 0 N–H and O–H groups in total. The summed E-state index contributed by atoms with van der Waals surface area (Å²) in [7, 11) is 0. The van der Waals surface area contributed by atoms with Gasteiger partial charge in [-0.3, -0.25) is 19.1 Å². The summed E-state index contributed by atoms with van der Waals surface area (Å²) in [6.45, 7) is 3.91. The minimum Gasteiger partial charge on any atom is -0.285 e. The van der Waals surface area contributed by atoms with Crippen molar-refractivity contribution >= 4 is 51.7 Å². The van der Waals surface area contributed by atoms with Crippen molar-refractivity contribution in [3.63, 3.8) is 0 Å². The number of rotatable bonds is 4. The SMILES string of the molecule is CC(C)n1c(SCC(=O)N2c3ccccc3Sc3ccccc32)nc2ccccc2c1=O. The number of para-hydroxylation sites is 3. The minimum absolute atomic E-state index is 0.0482. The van der Waals surface area contributed by atoms with Crippen molar-refractivity contribution in [2.24, 2.45) is 0 Å². The van der Waals surface area contributed by atoms with Gasteiger partial charge in [-0.05, 0) is 50.2 Å². The summed E-state index contributed by atoms with van der Waals surface area (Å²) < 4.78 is 1.67. The fraction of sp³-hybridized carbons (Fsp3) is 0.160. The van der Waals surface area contributed by atoms with Crippen LogP contribution in [0.3, 0.4) is 0 Å². The molecule has 0 atom stereocenters. The first-order valence-corrected chi connectivity index (χ1v) is 12.2. The topological polar surface area (TPSA) is 55.2 Å². The Kier molecular flexibility index (Phi) is 5.53. The van der Waals surface area contributed by atoms with E-state index in [9.17, 15) is 9.59 Å². The van der Waals surface area contributed by atoms with Crippen molar-refractivity contribution in [3.8, 4) is 0 Å². The molecule has 4 aromatic rings. The fourth-order valence-electron chi connectivity index (χ4n) is 3.85. The first-order chi connectivity index (χ1) is 15.5. The molecule has 1 aromatic heterocycles. The van der Waals surface area contributed by atoms with Gasteiger partial charge in [0.2, 0.25) is 5.91 Å². The van der Waals surface area contributed by atoms with Crippen LogP contribution in [0, 0.1) is 0 Å². The minimum atomic E-state index is -0.0781. The lowest BCUT2D eigenvalue weighted by atomic mass is 10.2. The lowest BCUT2D eigenvalue weighted by molar-refractivity contribution is -0.115. The molecule has 1 aliphatic rings. The maximum atomic E-state index is 13.5. The number of anilines is 2. The zero-order chi connectivity index (χ0) is 22.2. The van der Waals surface area contributed by atoms with Gasteiger partial charge in [0, 0.05) is 15.8 Å². The molecule has 7 heteroatoms. The zero-order valence-electron chi connectivity index (χ0n) is 17.7. The van der Waals surface area contributed by atoms with Crippen molar-refractivity contribution in [2.75, 3.05) is 10.7 Å². The molecule has 3 aromatic carbocycles. The van der Waals surface area contributed by atoms with Gasteiger partial charge in [-0.25, -0.2) is 4.98 Å². The van der Waals surface area contributed by atoms with Gasteiger partial charge in [0.1, 0.15) is 0 Å². The molecule has 0 unspecified atom stereocenters. The molecule has 0 radical (unpaired) electrons. The first kappa shape index (κ1) is 20.8. The van der Waals surface area contributed by atoms with Crippen molar-refractivity contribution in [3.05, 3.63) is 83.2 Å². The van der Waals surface area contributed by atoms with Gasteiger partial charge in [-0.1, -0.05) is 59.9 Å². The summed E-state index contributed by atoms with van der Waals surface area (Å²) in [5.41, 5.74) is 2.34. The van der Waals surface area contributed by atoms with E-state index >= 15 is 0 Å². The summed E-state index contributed by atoms with van der Waals surface area (Å²) in [6, 6.07) is 23.1. The van der Waals surface area contributed by atoms with Gasteiger partial charge in [0.15, 0.2) is 5.16 Å². The third kappa shape index (κ3) is 3.61. The van der Waals surface area contributed by atoms with Crippen LogP contribution in [0.25, 0.3) is 10.9 Å². The van der Waals surface area contributed by atoms with Crippen molar-refractivity contribution in [1.29, 1.82) is 0 Å². The monoisotopic (exact) mass is 459 g/mol. The Bertz CT molecular complexity index is 1350. The van der Waals surface area contributed by atoms with Crippen LogP contribution in [-0.2, 0) is 4.79 Å². The Balaban J connectivity index is 1.51. The smallest absolute Gasteiger partial charge is 0.262 e. The number of aromatic nitrogens is 2. The lowest BCUT2D eigenvalue weighted by Gasteiger charge is -2.31. The number of fused-ring (bicyclic) bond motifs is 3. The number of hydrogen-bond donors (Lipinski definition) is 0. The fourth-order valence-corrected chi connectivity index (χ4v) is 5.88. The van der Waals surface area contributed by atoms with E-state index < -0.39 is 0 Å². The van der Waals surface area contributed by atoms with Crippen LogP contribution < -0.4 is 10.5 Å². The Morgan fingerprint density at radius 2 is 1.53 bits per heavy atom. The van der Waals surface area contributed by atoms with E-state index in [1.165, 1.54) is 11.8 Å². The molecule has 0 aliphatic carbocycles. The molecule has 0 bridgehead atoms. The lowest BCUT2D eigenvalue weighted by Crippen LogP contribution is -2.31. The van der Waals surface area contributed by atoms with Crippen molar-refractivity contribution in [2.45, 2.75) is 34.8 Å². The Labute approximate surface area is 194 Å². The average molecular weight is 460 g/mol. The number of carbonyl (C=O) groups is 1. The van der Waals surface area contributed by atoms with Gasteiger partial charge < -0.3 is 0 Å². The third-order valence-electron chi connectivity index (χ3n) is 5.30. The molecule has 32 heavy (non-hydrogen) atoms. The maximum Gasteiger partial charge on any atom is 0.262 e. The third-order valence-corrected chi connectivity index (χ3v) is 7.37. The molecule has 2 heterocycles. The maximum absolute atomic E-state index is 13.5. The molecular formula is C25H21N3O2S2. The molecule has 0 saturated carbocycles. The highest BCUT2D eigenvalue weighted by Crippen LogP contribution is 2.48. The number of thioether (sulfide) groups is 1. The Morgan fingerprint density at radius 3 is 2.19 bits per heavy atom. The van der Waals surface area contributed by atoms with E-state index in [0.29, 0.717) is 16.1 Å². The molecule has 5 rings (SSSR count). The predicted molar refractivity (Wildman–Crippen MR) is 131 cm³/mol. The summed E-state index contributed by atoms with van der Waals surface area (Å²) in [6.07, 6.45) is 0. The largest absolute Gasteiger partial charge is 0.285 e. The normalized spacial score (nSPS) is 12.7. The van der Waals surface area contributed by atoms with Gasteiger partial charge >= 0.3 is 0 Å². The molecule has 1 aliphatic heterocycles. The summed E-state index contributed by atoms with van der Waals surface area (Å²) in [4.78, 5) is 35.2. The van der Waals surface area contributed by atoms with E-state index in [2.05, 4.69) is 0 Å². The number of carbonyl (C=O) groups excluding carboxylic acids is 1. The summed E-state index contributed by atoms with van der Waals surface area (Å²) in [5, 5.41) is 1.15. The summed E-state index contributed by atoms with van der Waals surface area (Å²) >= 11 is 2.98. The highest BCUT2D eigenvalue weighted by atomic mass is 32.2. The standard InChI is InChI=1S/C25H21N3O2S2/c1-16(2)27-24(30)17-9-3-4-10-18(17)26-25(27)31-15-23(29)28-19-11-5-7-13-21(19)32-22-14-8-6-12-20(22)28/h3-14,16H,15H2,1-2H3. The first-order valence-electron chi connectivity index (χ1n) is 10.4. The van der Waals surface area contributed by atoms with Crippen LogP contribution in [-0.4, -0.2) is 21.2 Å². The highest BCUT2D eigenvalue weighted by Gasteiger charge is 2.28. The van der Waals surface area contributed by atoms with Crippen LogP contribution in [0.4, 0.5) is 11.4 Å². The number of benzene rings is 3. The van der Waals surface area contributed by atoms with E-state index in [4.69, 9.17) is 4.98 Å². The molecule has 5 nitrogen and oxygen atoms in total. The van der Waals surface area contributed by atoms with E-state index in [1.54, 1.807) is 27.3 Å². The van der Waals surface area contributed by atoms with Crippen LogP contribution in [0.2, 0.25) is 0 Å². The predicted octanol–water partition coefficient (Wildman–Crippen LogP) is 5.90. The highest BCUT2D eigenvalue weighted by molar-refractivity contribution is 8.00. The van der Waals surface area contributed by atoms with E-state index in [0.717, 1.165) is 21.2 Å². The molecule has 0 spiro atoms. The Morgan fingerprint density at radius 1 is 0.938 bits per heavy atom. The zero-order valence-corrected chi connectivity index (χ0v) is 19.3. The van der Waals surface area contributed by atoms with Gasteiger partial charge in [0.05, 0.1) is 28.0 Å². The second kappa shape index (κ2) is 8.48. The Hall–Kier alpha value is -3.03. The average Bonchev–Trinajstić information content (AvgIpc) is 2.80. The molecular weight excluding hydrogens is 438 g/mol. The van der Waals surface area contributed by atoms with Gasteiger partial charge in [-0.15, -0.1) is 0 Å². The molecule has 0 saturated heterocycles. The quantitative estimate of drug-likeness (QED) is 0.281. The van der Waals surface area contributed by atoms with Crippen molar-refractivity contribution in [1.82, 2.24) is 9.55 Å². The molecule has 0 fully saturated rings. The number of nitrogens with zero attached hydrogens (tertiary/aromatic N) is 3. The second-order valence-electron chi connectivity index (χ2n) is 7.74. The second-order valence-corrected chi connectivity index (χ2v) is 9.76. The van der Waals surface area contributed by atoms with Crippen LogP contribution >= 0.6 is 23.5 Å². The van der Waals surface area contributed by atoms with Crippen molar-refractivity contribution < 1.29 is 4.79 Å². The molecule has 160 valence electrons. The van der Waals surface area contributed by atoms with Gasteiger partial charge in [-0.2, -0.15) is 0 Å². The van der Waals surface area contributed by atoms with Crippen LogP contribution in [0.15, 0.2) is 92.5 Å². The summed E-state index contributed by atoms with van der Waals surface area (Å²) in [5.74, 6) is 0.123.